The van der Waals surface area contributed by atoms with E-state index in [-0.39, 0.29) is 18.1 Å². The Labute approximate surface area is 215 Å². The summed E-state index contributed by atoms with van der Waals surface area (Å²) in [5, 5.41) is 20.4. The third-order valence-corrected chi connectivity index (χ3v) is 5.13. The van der Waals surface area contributed by atoms with Crippen LogP contribution in [0.2, 0.25) is 0 Å². The van der Waals surface area contributed by atoms with E-state index in [1.54, 1.807) is 54.1 Å². The molecule has 0 aliphatic heterocycles. The number of fused-ring (bicyclic) bond motifs is 1. The summed E-state index contributed by atoms with van der Waals surface area (Å²) >= 11 is 0. The molecule has 0 saturated heterocycles. The molecule has 2 unspecified atom stereocenters. The summed E-state index contributed by atoms with van der Waals surface area (Å²) in [6.07, 6.45) is 0.672. The zero-order valence-corrected chi connectivity index (χ0v) is 20.5. The highest BCUT2D eigenvalue weighted by molar-refractivity contribution is 6.10. The lowest BCUT2D eigenvalue weighted by atomic mass is 10.1. The summed E-state index contributed by atoms with van der Waals surface area (Å²) in [4.78, 5) is 32.4. The van der Waals surface area contributed by atoms with Crippen molar-refractivity contribution in [3.8, 4) is 11.3 Å². The minimum Gasteiger partial charge on any atom is -0.404 e. The van der Waals surface area contributed by atoms with Gasteiger partial charge in [-0.2, -0.15) is 18.3 Å². The van der Waals surface area contributed by atoms with E-state index in [0.717, 1.165) is 0 Å². The smallest absolute Gasteiger partial charge is 0.404 e. The van der Waals surface area contributed by atoms with Gasteiger partial charge in [0, 0.05) is 41.3 Å². The van der Waals surface area contributed by atoms with E-state index in [4.69, 9.17) is 5.73 Å². The number of nitrogens with one attached hydrogen (secondary N) is 3. The molecule has 0 saturated carbocycles. The average molecular weight is 533 g/mol. The predicted molar refractivity (Wildman–Crippen MR) is 136 cm³/mol. The number of halogens is 3. The van der Waals surface area contributed by atoms with Crippen molar-refractivity contribution in [2.45, 2.75) is 32.2 Å². The second-order valence-corrected chi connectivity index (χ2v) is 8.33. The van der Waals surface area contributed by atoms with Gasteiger partial charge in [0.15, 0.2) is 5.65 Å². The molecule has 0 spiro atoms. The Kier molecular flexibility index (Phi) is 9.02. The number of anilines is 1. The Morgan fingerprint density at radius 2 is 1.97 bits per heavy atom. The maximum absolute atomic E-state index is 12.3. The number of amides is 3. The monoisotopic (exact) mass is 532 g/mol. The molecule has 0 bridgehead atoms. The fraction of sp³-hybridized carbons (Fsp3) is 0.292. The van der Waals surface area contributed by atoms with Gasteiger partial charge < -0.3 is 26.8 Å². The highest BCUT2D eigenvalue weighted by Crippen LogP contribution is 2.24. The first-order chi connectivity index (χ1) is 18.0. The van der Waals surface area contributed by atoms with Gasteiger partial charge in [0.05, 0.1) is 24.2 Å². The molecule has 2 heterocycles. The molecule has 3 amide bonds. The SMILES string of the molecule is CC(O)CNC(=O)C(C)N=CC(=CN)c1cnn2c(-c3cccc(NC(=O)NCC(F)(F)F)c3)cnc2c1. The van der Waals surface area contributed by atoms with Crippen LogP contribution in [-0.2, 0) is 4.79 Å². The summed E-state index contributed by atoms with van der Waals surface area (Å²) in [7, 11) is 0. The van der Waals surface area contributed by atoms with E-state index in [2.05, 4.69) is 25.7 Å². The lowest BCUT2D eigenvalue weighted by Gasteiger charge is -2.11. The molecule has 14 heteroatoms. The van der Waals surface area contributed by atoms with Gasteiger partial charge in [-0.1, -0.05) is 12.1 Å². The zero-order chi connectivity index (χ0) is 27.9. The maximum Gasteiger partial charge on any atom is 0.405 e. The zero-order valence-electron chi connectivity index (χ0n) is 20.5. The fourth-order valence-corrected chi connectivity index (χ4v) is 3.21. The van der Waals surface area contributed by atoms with Crippen LogP contribution >= 0.6 is 0 Å². The molecular formula is C24H27F3N8O3. The number of aromatic nitrogens is 3. The quantitative estimate of drug-likeness (QED) is 0.266. The van der Waals surface area contributed by atoms with Gasteiger partial charge >= 0.3 is 12.2 Å². The number of carbonyl (C=O) groups excluding carboxylic acids is 2. The molecular weight excluding hydrogens is 505 g/mol. The van der Waals surface area contributed by atoms with Crippen molar-refractivity contribution in [2.75, 3.05) is 18.4 Å². The molecule has 2 aromatic heterocycles. The number of aliphatic hydroxyl groups excluding tert-OH is 1. The number of carbonyl (C=O) groups is 2. The number of alkyl halides is 3. The van der Waals surface area contributed by atoms with Gasteiger partial charge in [-0.25, -0.2) is 14.3 Å². The highest BCUT2D eigenvalue weighted by Gasteiger charge is 2.27. The molecule has 0 fully saturated rings. The van der Waals surface area contributed by atoms with E-state index in [1.807, 2.05) is 0 Å². The highest BCUT2D eigenvalue weighted by atomic mass is 19.4. The average Bonchev–Trinajstić information content (AvgIpc) is 3.29. The summed E-state index contributed by atoms with van der Waals surface area (Å²) in [5.74, 6) is -0.348. The standard InChI is InChI=1S/C24H27F3N8O3/c1-14(36)9-31-22(37)15(2)29-10-18(8-28)17-7-21-30-12-20(35(21)33-11-17)16-4-3-5-19(6-16)34-23(38)32-13-24(25,26)27/h3-8,10-12,14-15,36H,9,13,28H2,1-2H3,(H,31,37)(H2,32,34,38). The van der Waals surface area contributed by atoms with Crippen molar-refractivity contribution in [3.63, 3.8) is 0 Å². The minimum absolute atomic E-state index is 0.116. The molecule has 0 radical (unpaired) electrons. The Morgan fingerprint density at radius 1 is 1.21 bits per heavy atom. The van der Waals surface area contributed by atoms with Gasteiger partial charge in [0.2, 0.25) is 5.91 Å². The predicted octanol–water partition coefficient (Wildman–Crippen LogP) is 2.34. The normalized spacial score (nSPS) is 13.9. The topological polar surface area (TPSA) is 159 Å². The number of rotatable bonds is 9. The number of nitrogens with two attached hydrogens (primary N) is 1. The number of benzene rings is 1. The molecule has 3 rings (SSSR count). The molecule has 2 atom stereocenters. The molecule has 0 aliphatic rings. The first-order valence-corrected chi connectivity index (χ1v) is 11.4. The van der Waals surface area contributed by atoms with Crippen LogP contribution in [-0.4, -0.2) is 69.3 Å². The number of nitrogens with zero attached hydrogens (tertiary/aromatic N) is 4. The van der Waals surface area contributed by atoms with E-state index >= 15 is 0 Å². The van der Waals surface area contributed by atoms with Gasteiger partial charge in [-0.3, -0.25) is 9.79 Å². The van der Waals surface area contributed by atoms with Crippen molar-refractivity contribution < 1.29 is 27.9 Å². The van der Waals surface area contributed by atoms with Crippen molar-refractivity contribution >= 4 is 35.1 Å². The largest absolute Gasteiger partial charge is 0.405 e. The van der Waals surface area contributed by atoms with Crippen LogP contribution < -0.4 is 21.7 Å². The van der Waals surface area contributed by atoms with E-state index < -0.39 is 30.9 Å². The molecule has 6 N–H and O–H groups in total. The van der Waals surface area contributed by atoms with Crippen LogP contribution in [0, 0.1) is 0 Å². The first kappa shape index (κ1) is 28.1. The summed E-state index contributed by atoms with van der Waals surface area (Å²) in [6, 6.07) is 6.49. The lowest BCUT2D eigenvalue weighted by Crippen LogP contribution is -2.36. The maximum atomic E-state index is 12.3. The van der Waals surface area contributed by atoms with Crippen molar-refractivity contribution in [1.82, 2.24) is 25.2 Å². The lowest BCUT2D eigenvalue weighted by molar-refractivity contribution is -0.123. The van der Waals surface area contributed by atoms with Crippen molar-refractivity contribution in [1.29, 1.82) is 0 Å². The number of hydrogen-bond acceptors (Lipinski definition) is 7. The van der Waals surface area contributed by atoms with E-state index in [0.29, 0.717) is 28.0 Å². The third kappa shape index (κ3) is 7.77. The van der Waals surface area contributed by atoms with Gasteiger partial charge in [-0.15, -0.1) is 0 Å². The molecule has 38 heavy (non-hydrogen) atoms. The number of hydrogen-bond donors (Lipinski definition) is 5. The van der Waals surface area contributed by atoms with E-state index in [9.17, 15) is 27.9 Å². The number of imidazole rings is 1. The van der Waals surface area contributed by atoms with E-state index in [1.165, 1.54) is 24.7 Å². The Balaban J connectivity index is 1.75. The van der Waals surface area contributed by atoms with Gasteiger partial charge in [0.25, 0.3) is 0 Å². The second kappa shape index (κ2) is 12.2. The molecule has 202 valence electrons. The number of urea groups is 1. The molecule has 3 aromatic rings. The van der Waals surface area contributed by atoms with Crippen LogP contribution in [0.4, 0.5) is 23.7 Å². The third-order valence-electron chi connectivity index (χ3n) is 5.13. The molecule has 11 nitrogen and oxygen atoms in total. The van der Waals surface area contributed by atoms with Crippen molar-refractivity contribution in [2.24, 2.45) is 10.7 Å². The van der Waals surface area contributed by atoms with Gasteiger partial charge in [-0.05, 0) is 32.0 Å². The van der Waals surface area contributed by atoms with Gasteiger partial charge in [0.1, 0.15) is 12.6 Å². The Morgan fingerprint density at radius 3 is 2.66 bits per heavy atom. The van der Waals surface area contributed by atoms with Crippen LogP contribution in [0.1, 0.15) is 19.4 Å². The number of aliphatic imine (C=N–C) groups is 1. The van der Waals surface area contributed by atoms with Crippen LogP contribution in [0.3, 0.4) is 0 Å². The number of allylic oxidation sites excluding steroid dienone is 1. The van der Waals surface area contributed by atoms with Crippen LogP contribution in [0.15, 0.2) is 53.9 Å². The molecule has 0 aliphatic carbocycles. The second-order valence-electron chi connectivity index (χ2n) is 8.33. The minimum atomic E-state index is -4.52. The molecule has 1 aromatic carbocycles. The summed E-state index contributed by atoms with van der Waals surface area (Å²) in [5.41, 5.74) is 8.78. The summed E-state index contributed by atoms with van der Waals surface area (Å²) in [6.45, 7) is 1.83. The Bertz CT molecular complexity index is 1350. The van der Waals surface area contributed by atoms with Crippen molar-refractivity contribution in [3.05, 3.63) is 54.5 Å². The van der Waals surface area contributed by atoms with Crippen LogP contribution in [0.25, 0.3) is 22.5 Å². The van der Waals surface area contributed by atoms with Crippen LogP contribution in [0.5, 0.6) is 0 Å². The number of aliphatic hydroxyl groups is 1. The fourth-order valence-electron chi connectivity index (χ4n) is 3.21. The summed E-state index contributed by atoms with van der Waals surface area (Å²) < 4.78 is 38.5. The Hall–Kier alpha value is -4.46. The first-order valence-electron chi connectivity index (χ1n) is 11.4.